The second kappa shape index (κ2) is 4.87. The van der Waals surface area contributed by atoms with E-state index in [9.17, 15) is 0 Å². The topological polar surface area (TPSA) is 32.5 Å². The molecule has 0 radical (unpaired) electrons. The fraction of sp³-hybridized carbons (Fsp3) is 1.00. The van der Waals surface area contributed by atoms with Crippen LogP contribution in [-0.2, 0) is 0 Å². The average Bonchev–Trinajstić information content (AvgIpc) is 2.91. The zero-order valence-corrected chi connectivity index (χ0v) is 11.8. The monoisotopic (exact) mass is 239 g/mol. The zero-order valence-electron chi connectivity index (χ0n) is 11.8. The molecule has 0 aromatic heterocycles. The van der Waals surface area contributed by atoms with Crippen molar-refractivity contribution in [2.75, 3.05) is 40.8 Å². The average molecular weight is 239 g/mol. The van der Waals surface area contributed by atoms with Crippen LogP contribution in [0, 0.1) is 5.41 Å². The van der Waals surface area contributed by atoms with E-state index in [1.807, 2.05) is 0 Å². The summed E-state index contributed by atoms with van der Waals surface area (Å²) in [5.41, 5.74) is 6.77. The molecule has 0 bridgehead atoms. The van der Waals surface area contributed by atoms with E-state index in [1.165, 1.54) is 51.6 Å². The van der Waals surface area contributed by atoms with E-state index < -0.39 is 0 Å². The van der Waals surface area contributed by atoms with Gasteiger partial charge < -0.3 is 15.5 Å². The van der Waals surface area contributed by atoms with E-state index in [4.69, 9.17) is 5.73 Å². The van der Waals surface area contributed by atoms with E-state index >= 15 is 0 Å². The first-order valence-electron chi connectivity index (χ1n) is 7.08. The molecule has 0 heterocycles. The first kappa shape index (κ1) is 13.3. The van der Waals surface area contributed by atoms with Gasteiger partial charge in [-0.05, 0) is 71.6 Å². The molecule has 2 aliphatic carbocycles. The molecule has 3 heteroatoms. The van der Waals surface area contributed by atoms with Gasteiger partial charge in [0.05, 0.1) is 0 Å². The Balaban J connectivity index is 1.82. The highest BCUT2D eigenvalue weighted by atomic mass is 15.2. The van der Waals surface area contributed by atoms with Crippen LogP contribution in [0.1, 0.15) is 38.5 Å². The molecule has 0 aromatic carbocycles. The number of likely N-dealkylation sites (N-methyl/N-ethyl adjacent to an activating group) is 2. The highest BCUT2D eigenvalue weighted by Gasteiger charge is 2.45. The van der Waals surface area contributed by atoms with Crippen molar-refractivity contribution in [3.8, 4) is 0 Å². The van der Waals surface area contributed by atoms with Crippen LogP contribution in [0.4, 0.5) is 0 Å². The molecule has 2 rings (SSSR count). The lowest BCUT2D eigenvalue weighted by molar-refractivity contribution is 0.0225. The van der Waals surface area contributed by atoms with Crippen LogP contribution < -0.4 is 5.73 Å². The van der Waals surface area contributed by atoms with Crippen molar-refractivity contribution in [3.05, 3.63) is 0 Å². The number of hydrogen-bond acceptors (Lipinski definition) is 3. The first-order chi connectivity index (χ1) is 8.02. The van der Waals surface area contributed by atoms with Gasteiger partial charge in [-0.2, -0.15) is 0 Å². The summed E-state index contributed by atoms with van der Waals surface area (Å²) in [6.45, 7) is 3.33. The quantitative estimate of drug-likeness (QED) is 0.731. The van der Waals surface area contributed by atoms with Gasteiger partial charge in [0, 0.05) is 18.6 Å². The van der Waals surface area contributed by atoms with Crippen LogP contribution >= 0.6 is 0 Å². The second-order valence-electron chi connectivity index (χ2n) is 6.68. The summed E-state index contributed by atoms with van der Waals surface area (Å²) in [7, 11) is 6.76. The molecule has 0 amide bonds. The predicted octanol–water partition coefficient (Wildman–Crippen LogP) is 1.53. The Morgan fingerprint density at radius 2 is 1.65 bits per heavy atom. The molecule has 2 N–H and O–H groups in total. The Hall–Kier alpha value is -0.120. The highest BCUT2D eigenvalue weighted by Crippen LogP contribution is 2.49. The van der Waals surface area contributed by atoms with Crippen LogP contribution in [0.25, 0.3) is 0 Å². The lowest BCUT2D eigenvalue weighted by Crippen LogP contribution is -2.57. The Morgan fingerprint density at radius 1 is 1.00 bits per heavy atom. The summed E-state index contributed by atoms with van der Waals surface area (Å²) >= 11 is 0. The fourth-order valence-corrected chi connectivity index (χ4v) is 3.43. The van der Waals surface area contributed by atoms with Gasteiger partial charge in [-0.15, -0.1) is 0 Å². The fourth-order valence-electron chi connectivity index (χ4n) is 3.43. The van der Waals surface area contributed by atoms with Crippen LogP contribution in [0.15, 0.2) is 0 Å². The molecule has 100 valence electrons. The molecule has 0 atom stereocenters. The van der Waals surface area contributed by atoms with Crippen molar-refractivity contribution in [2.45, 2.75) is 44.1 Å². The van der Waals surface area contributed by atoms with Crippen LogP contribution in [0.3, 0.4) is 0 Å². The van der Waals surface area contributed by atoms with Crippen molar-refractivity contribution in [3.63, 3.8) is 0 Å². The lowest BCUT2D eigenvalue weighted by Gasteiger charge is -2.49. The van der Waals surface area contributed by atoms with Crippen LogP contribution in [0.2, 0.25) is 0 Å². The van der Waals surface area contributed by atoms with Gasteiger partial charge in [0.25, 0.3) is 0 Å². The molecule has 0 spiro atoms. The van der Waals surface area contributed by atoms with Crippen LogP contribution in [-0.4, -0.2) is 56.1 Å². The number of nitrogens with zero attached hydrogens (tertiary/aromatic N) is 2. The molecule has 0 aromatic rings. The molecule has 2 saturated carbocycles. The Kier molecular flexibility index (Phi) is 3.81. The summed E-state index contributed by atoms with van der Waals surface area (Å²) in [6, 6.07) is 0. The normalized spacial score (nSPS) is 25.1. The van der Waals surface area contributed by atoms with E-state index in [-0.39, 0.29) is 0 Å². The molecule has 2 fully saturated rings. The molecule has 0 aliphatic heterocycles. The number of nitrogens with two attached hydrogens (primary N) is 1. The van der Waals surface area contributed by atoms with Gasteiger partial charge in [-0.1, -0.05) is 0 Å². The molecular weight excluding hydrogens is 210 g/mol. The first-order valence-corrected chi connectivity index (χ1v) is 7.08. The summed E-state index contributed by atoms with van der Waals surface area (Å²) in [4.78, 5) is 5.00. The maximum Gasteiger partial charge on any atom is 0.0330 e. The van der Waals surface area contributed by atoms with E-state index in [0.29, 0.717) is 11.0 Å². The minimum absolute atomic E-state index is 0.466. The molecule has 3 nitrogen and oxygen atoms in total. The van der Waals surface area contributed by atoms with Crippen molar-refractivity contribution in [1.82, 2.24) is 9.80 Å². The SMILES string of the molecule is CN(CC1(CCN)CC1)CC1(N(C)C)CCC1. The second-order valence-corrected chi connectivity index (χ2v) is 6.68. The van der Waals surface area contributed by atoms with Crippen molar-refractivity contribution in [1.29, 1.82) is 0 Å². The maximum atomic E-state index is 5.72. The largest absolute Gasteiger partial charge is 0.330 e. The summed E-state index contributed by atoms with van der Waals surface area (Å²) in [5.74, 6) is 0. The van der Waals surface area contributed by atoms with Gasteiger partial charge in [0.15, 0.2) is 0 Å². The van der Waals surface area contributed by atoms with Crippen molar-refractivity contribution < 1.29 is 0 Å². The van der Waals surface area contributed by atoms with Gasteiger partial charge in [0.2, 0.25) is 0 Å². The predicted molar refractivity (Wildman–Crippen MR) is 73.1 cm³/mol. The lowest BCUT2D eigenvalue weighted by atomic mass is 9.75. The molecular formula is C14H29N3. The standard InChI is InChI=1S/C14H29N3/c1-16(2)14(5-4-6-14)12-17(3)11-13(7-8-13)9-10-15/h4-12,15H2,1-3H3. The minimum atomic E-state index is 0.466. The highest BCUT2D eigenvalue weighted by molar-refractivity contribution is 5.00. The van der Waals surface area contributed by atoms with Gasteiger partial charge in [-0.25, -0.2) is 0 Å². The Morgan fingerprint density at radius 3 is 2.00 bits per heavy atom. The van der Waals surface area contributed by atoms with E-state index in [1.54, 1.807) is 0 Å². The number of hydrogen-bond donors (Lipinski definition) is 1. The third kappa shape index (κ3) is 2.83. The Bertz CT molecular complexity index is 254. The van der Waals surface area contributed by atoms with Crippen LogP contribution in [0.5, 0.6) is 0 Å². The third-order valence-electron chi connectivity index (χ3n) is 5.03. The van der Waals surface area contributed by atoms with Crippen molar-refractivity contribution in [2.24, 2.45) is 11.1 Å². The molecule has 0 unspecified atom stereocenters. The smallest absolute Gasteiger partial charge is 0.0330 e. The van der Waals surface area contributed by atoms with Gasteiger partial charge in [-0.3, -0.25) is 0 Å². The molecule has 0 saturated heterocycles. The minimum Gasteiger partial charge on any atom is -0.330 e. The van der Waals surface area contributed by atoms with Gasteiger partial charge in [0.1, 0.15) is 0 Å². The van der Waals surface area contributed by atoms with Gasteiger partial charge >= 0.3 is 0 Å². The molecule has 17 heavy (non-hydrogen) atoms. The Labute approximate surface area is 106 Å². The summed E-state index contributed by atoms with van der Waals surface area (Å²) < 4.78 is 0. The zero-order chi connectivity index (χ0) is 12.5. The van der Waals surface area contributed by atoms with Crippen molar-refractivity contribution >= 4 is 0 Å². The third-order valence-corrected chi connectivity index (χ3v) is 5.03. The molecule has 2 aliphatic rings. The van der Waals surface area contributed by atoms with E-state index in [2.05, 4.69) is 30.9 Å². The van der Waals surface area contributed by atoms with E-state index in [0.717, 1.165) is 6.54 Å². The number of rotatable bonds is 7. The maximum absolute atomic E-state index is 5.72. The summed E-state index contributed by atoms with van der Waals surface area (Å²) in [6.07, 6.45) is 8.14. The summed E-state index contributed by atoms with van der Waals surface area (Å²) in [5, 5.41) is 0.